The van der Waals surface area contributed by atoms with Crippen molar-refractivity contribution in [3.8, 4) is 5.88 Å². The third-order valence-electron chi connectivity index (χ3n) is 5.02. The maximum Gasteiger partial charge on any atom is 0.258 e. The highest BCUT2D eigenvalue weighted by molar-refractivity contribution is 6.13. The number of hydrogen-bond acceptors (Lipinski definition) is 4. The lowest BCUT2D eigenvalue weighted by Gasteiger charge is -2.17. The second kappa shape index (κ2) is 7.75. The first-order valence-corrected chi connectivity index (χ1v) is 9.53. The molecule has 30 heavy (non-hydrogen) atoms. The number of H-pyrrole nitrogens is 1. The Hall–Kier alpha value is -4.06. The topological polar surface area (TPSA) is 94.7 Å². The Bertz CT molecular complexity index is 1240. The van der Waals surface area contributed by atoms with E-state index < -0.39 is 0 Å². The smallest absolute Gasteiger partial charge is 0.258 e. The average molecular weight is 398 g/mol. The van der Waals surface area contributed by atoms with E-state index >= 15 is 0 Å². The van der Waals surface area contributed by atoms with Crippen LogP contribution in [0.5, 0.6) is 5.88 Å². The van der Waals surface area contributed by atoms with Crippen molar-refractivity contribution < 1.29 is 9.90 Å². The Labute approximate surface area is 174 Å². The molecule has 4 rings (SSSR count). The first kappa shape index (κ1) is 19.3. The summed E-state index contributed by atoms with van der Waals surface area (Å²) in [6.07, 6.45) is 0. The van der Waals surface area contributed by atoms with Crippen LogP contribution in [0, 0.1) is 0 Å². The Balaban J connectivity index is 1.60. The molecule has 6 nitrogen and oxygen atoms in total. The highest BCUT2D eigenvalue weighted by Gasteiger charge is 2.15. The molecule has 0 spiro atoms. The van der Waals surface area contributed by atoms with Crippen LogP contribution < -0.4 is 10.6 Å². The molecule has 1 aromatic heterocycles. The number of aromatic hydroxyl groups is 1. The molecule has 1 amide bonds. The van der Waals surface area contributed by atoms with Crippen molar-refractivity contribution in [2.24, 2.45) is 4.99 Å². The van der Waals surface area contributed by atoms with Crippen molar-refractivity contribution in [1.29, 1.82) is 0 Å². The first-order valence-electron chi connectivity index (χ1n) is 9.53. The number of carbonyl (C=O) groups excluding carboxylic acids is 1. The molecular weight excluding hydrogens is 376 g/mol. The number of fused-ring (bicyclic) bond motifs is 1. The largest absolute Gasteiger partial charge is 0.494 e. The van der Waals surface area contributed by atoms with E-state index in [1.54, 1.807) is 30.1 Å². The van der Waals surface area contributed by atoms with Gasteiger partial charge in [0, 0.05) is 34.9 Å². The van der Waals surface area contributed by atoms with Crippen LogP contribution in [0.1, 0.15) is 22.8 Å². The summed E-state index contributed by atoms with van der Waals surface area (Å²) in [5.41, 5.74) is 10.7. The Morgan fingerprint density at radius 1 is 1.03 bits per heavy atom. The number of aliphatic imine (C=N–C) groups is 1. The van der Waals surface area contributed by atoms with Crippen LogP contribution in [0.25, 0.3) is 10.9 Å². The highest BCUT2D eigenvalue weighted by Crippen LogP contribution is 2.30. The van der Waals surface area contributed by atoms with Crippen molar-refractivity contribution >= 4 is 39.6 Å². The SMILES string of the molecule is CC(=Nc1ccc(N(C)C(=O)c2ccccc2)cc1)c1c(O)[nH]c2ccc(N)cc12. The van der Waals surface area contributed by atoms with Crippen molar-refractivity contribution in [1.82, 2.24) is 4.98 Å². The summed E-state index contributed by atoms with van der Waals surface area (Å²) in [6.45, 7) is 1.84. The van der Waals surface area contributed by atoms with Gasteiger partial charge in [0.05, 0.1) is 17.0 Å². The number of rotatable bonds is 4. The molecule has 0 aliphatic rings. The molecule has 4 aromatic rings. The Kier molecular flexibility index (Phi) is 4.98. The second-order valence-electron chi connectivity index (χ2n) is 7.10. The van der Waals surface area contributed by atoms with E-state index in [9.17, 15) is 9.90 Å². The van der Waals surface area contributed by atoms with Crippen molar-refractivity contribution in [2.75, 3.05) is 17.7 Å². The third kappa shape index (κ3) is 3.63. The number of amides is 1. The second-order valence-corrected chi connectivity index (χ2v) is 7.10. The van der Waals surface area contributed by atoms with Gasteiger partial charge in [0.1, 0.15) is 0 Å². The molecule has 0 saturated heterocycles. The lowest BCUT2D eigenvalue weighted by molar-refractivity contribution is 0.0993. The Morgan fingerprint density at radius 3 is 2.43 bits per heavy atom. The summed E-state index contributed by atoms with van der Waals surface area (Å²) in [4.78, 5) is 21.8. The number of benzene rings is 3. The normalized spacial score (nSPS) is 11.6. The van der Waals surface area contributed by atoms with E-state index in [1.807, 2.05) is 61.5 Å². The van der Waals surface area contributed by atoms with Gasteiger partial charge in [-0.3, -0.25) is 9.79 Å². The van der Waals surface area contributed by atoms with Crippen LogP contribution in [-0.4, -0.2) is 28.8 Å². The number of nitrogens with one attached hydrogen (secondary N) is 1. The van der Waals surface area contributed by atoms with Gasteiger partial charge in [-0.2, -0.15) is 0 Å². The van der Waals surface area contributed by atoms with Gasteiger partial charge < -0.3 is 20.7 Å². The van der Waals surface area contributed by atoms with E-state index in [4.69, 9.17) is 5.73 Å². The van der Waals surface area contributed by atoms with Gasteiger partial charge in [-0.05, 0) is 61.5 Å². The average Bonchev–Trinajstić information content (AvgIpc) is 3.08. The summed E-state index contributed by atoms with van der Waals surface area (Å²) < 4.78 is 0. The van der Waals surface area contributed by atoms with E-state index in [1.165, 1.54) is 0 Å². The third-order valence-corrected chi connectivity index (χ3v) is 5.02. The number of anilines is 2. The molecule has 3 aromatic carbocycles. The minimum atomic E-state index is -0.0793. The van der Waals surface area contributed by atoms with Gasteiger partial charge in [-0.1, -0.05) is 18.2 Å². The van der Waals surface area contributed by atoms with Crippen LogP contribution >= 0.6 is 0 Å². The zero-order valence-electron chi connectivity index (χ0n) is 16.8. The molecule has 0 radical (unpaired) electrons. The number of nitrogens with zero attached hydrogens (tertiary/aromatic N) is 2. The first-order chi connectivity index (χ1) is 14.4. The van der Waals surface area contributed by atoms with Gasteiger partial charge in [0.25, 0.3) is 5.91 Å². The summed E-state index contributed by atoms with van der Waals surface area (Å²) >= 11 is 0. The molecule has 150 valence electrons. The van der Waals surface area contributed by atoms with Crippen molar-refractivity contribution in [3.05, 3.63) is 83.9 Å². The number of aromatic amines is 1. The fourth-order valence-electron chi connectivity index (χ4n) is 3.45. The summed E-state index contributed by atoms with van der Waals surface area (Å²) in [7, 11) is 1.74. The maximum atomic E-state index is 12.6. The van der Waals surface area contributed by atoms with Crippen molar-refractivity contribution in [3.63, 3.8) is 0 Å². The predicted octanol–water partition coefficient (Wildman–Crippen LogP) is 4.87. The molecule has 0 aliphatic heterocycles. The van der Waals surface area contributed by atoms with Crippen LogP contribution in [0.15, 0.2) is 77.8 Å². The fraction of sp³-hybridized carbons (Fsp3) is 0.0833. The molecule has 0 bridgehead atoms. The molecule has 0 unspecified atom stereocenters. The fourth-order valence-corrected chi connectivity index (χ4v) is 3.45. The molecule has 0 saturated carbocycles. The molecule has 6 heteroatoms. The molecule has 0 fully saturated rings. The molecule has 0 atom stereocenters. The van der Waals surface area contributed by atoms with Gasteiger partial charge in [-0.25, -0.2) is 0 Å². The van der Waals surface area contributed by atoms with Gasteiger partial charge in [-0.15, -0.1) is 0 Å². The van der Waals surface area contributed by atoms with E-state index in [0.717, 1.165) is 22.3 Å². The lowest BCUT2D eigenvalue weighted by atomic mass is 10.1. The van der Waals surface area contributed by atoms with Crippen LogP contribution in [-0.2, 0) is 0 Å². The number of nitrogens with two attached hydrogens (primary N) is 1. The molecule has 0 aliphatic carbocycles. The van der Waals surface area contributed by atoms with E-state index in [-0.39, 0.29) is 11.8 Å². The van der Waals surface area contributed by atoms with Gasteiger partial charge >= 0.3 is 0 Å². The summed E-state index contributed by atoms with van der Waals surface area (Å²) in [6, 6.07) is 21.9. The van der Waals surface area contributed by atoms with Crippen LogP contribution in [0.4, 0.5) is 17.1 Å². The lowest BCUT2D eigenvalue weighted by Crippen LogP contribution is -2.25. The molecular formula is C24H22N4O2. The maximum absolute atomic E-state index is 12.6. The minimum absolute atomic E-state index is 0.0571. The number of nitrogen functional groups attached to an aromatic ring is 1. The zero-order chi connectivity index (χ0) is 21.3. The van der Waals surface area contributed by atoms with Crippen molar-refractivity contribution in [2.45, 2.75) is 6.92 Å². The van der Waals surface area contributed by atoms with E-state index in [0.29, 0.717) is 22.5 Å². The summed E-state index contributed by atoms with van der Waals surface area (Å²) in [5.74, 6) is -0.0222. The number of carbonyl (C=O) groups is 1. The monoisotopic (exact) mass is 398 g/mol. The number of hydrogen-bond donors (Lipinski definition) is 3. The standard InChI is InChI=1S/C24H22N4O2/c1-15(22-20-14-17(25)8-13-21(20)27-23(22)29)26-18-9-11-19(12-10-18)28(2)24(30)16-6-4-3-5-7-16/h3-14,27,29H,25H2,1-2H3. The predicted molar refractivity (Wildman–Crippen MR) is 122 cm³/mol. The Morgan fingerprint density at radius 2 is 1.73 bits per heavy atom. The minimum Gasteiger partial charge on any atom is -0.494 e. The van der Waals surface area contributed by atoms with Gasteiger partial charge in [0.15, 0.2) is 5.88 Å². The quantitative estimate of drug-likeness (QED) is 0.338. The van der Waals surface area contributed by atoms with Crippen LogP contribution in [0.2, 0.25) is 0 Å². The summed E-state index contributed by atoms with van der Waals surface area (Å²) in [5, 5.41) is 11.2. The zero-order valence-corrected chi connectivity index (χ0v) is 16.8. The molecule has 1 heterocycles. The highest BCUT2D eigenvalue weighted by atomic mass is 16.3. The number of aromatic nitrogens is 1. The van der Waals surface area contributed by atoms with Gasteiger partial charge in [0.2, 0.25) is 0 Å². The van der Waals surface area contributed by atoms with E-state index in [2.05, 4.69) is 9.98 Å². The molecule has 4 N–H and O–H groups in total. The van der Waals surface area contributed by atoms with Crippen LogP contribution in [0.3, 0.4) is 0 Å².